The lowest BCUT2D eigenvalue weighted by Crippen LogP contribution is -2.35. The average Bonchev–Trinajstić information content (AvgIpc) is 2.43. The molecule has 1 aromatic carbocycles. The van der Waals surface area contributed by atoms with E-state index in [0.29, 0.717) is 18.7 Å². The summed E-state index contributed by atoms with van der Waals surface area (Å²) in [5.74, 6) is 0.515. The molecule has 0 radical (unpaired) electrons. The molecule has 0 unspecified atom stereocenters. The fourth-order valence-electron chi connectivity index (χ4n) is 1.84. The van der Waals surface area contributed by atoms with E-state index in [-0.39, 0.29) is 31.0 Å². The highest BCUT2D eigenvalue weighted by Gasteiger charge is 2.18. The third-order valence-electron chi connectivity index (χ3n) is 3.12. The summed E-state index contributed by atoms with van der Waals surface area (Å²) in [4.78, 5) is 11.9. The molecule has 1 amide bonds. The van der Waals surface area contributed by atoms with Crippen molar-refractivity contribution < 1.29 is 14.6 Å². The molecule has 0 atom stereocenters. The molecule has 0 fully saturated rings. The Bertz CT molecular complexity index is 506. The molecule has 21 heavy (non-hydrogen) atoms. The van der Waals surface area contributed by atoms with Gasteiger partial charge in [-0.05, 0) is 29.5 Å². The number of carbonyl (C=O) groups excluding carboxylic acids is 1. The first-order valence-corrected chi connectivity index (χ1v) is 6.93. The summed E-state index contributed by atoms with van der Waals surface area (Å²) in [7, 11) is 0. The first-order chi connectivity index (χ1) is 9.96. The minimum atomic E-state index is -0.123. The highest BCUT2D eigenvalue weighted by molar-refractivity contribution is 5.78. The molecule has 1 rings (SSSR count). The van der Waals surface area contributed by atoms with Gasteiger partial charge in [-0.15, -0.1) is 0 Å². The molecule has 0 aliphatic heterocycles. The summed E-state index contributed by atoms with van der Waals surface area (Å²) in [5, 5.41) is 20.3. The Morgan fingerprint density at radius 3 is 2.90 bits per heavy atom. The first-order valence-electron chi connectivity index (χ1n) is 6.93. The van der Waals surface area contributed by atoms with Crippen molar-refractivity contribution in [2.24, 2.45) is 5.41 Å². The highest BCUT2D eigenvalue weighted by atomic mass is 16.5. The Balaban J connectivity index is 2.49. The molecule has 0 spiro atoms. The van der Waals surface area contributed by atoms with Crippen LogP contribution in [-0.2, 0) is 11.2 Å². The van der Waals surface area contributed by atoms with Crippen molar-refractivity contribution in [3.05, 3.63) is 29.8 Å². The molecule has 0 aliphatic rings. The number of nitriles is 1. The van der Waals surface area contributed by atoms with E-state index in [4.69, 9.17) is 15.1 Å². The molecule has 0 aromatic heterocycles. The van der Waals surface area contributed by atoms with Gasteiger partial charge in [0.05, 0.1) is 6.42 Å². The average molecular weight is 290 g/mol. The number of rotatable bonds is 8. The summed E-state index contributed by atoms with van der Waals surface area (Å²) >= 11 is 0. The molecule has 1 aromatic rings. The number of nitrogens with one attached hydrogen (secondary N) is 1. The third-order valence-corrected chi connectivity index (χ3v) is 3.12. The smallest absolute Gasteiger partial charge is 0.224 e. The number of benzene rings is 1. The zero-order valence-corrected chi connectivity index (χ0v) is 12.6. The van der Waals surface area contributed by atoms with Gasteiger partial charge in [-0.25, -0.2) is 0 Å². The predicted molar refractivity (Wildman–Crippen MR) is 79.7 cm³/mol. The topological polar surface area (TPSA) is 82.3 Å². The summed E-state index contributed by atoms with van der Waals surface area (Å²) in [5.41, 5.74) is 0.713. The van der Waals surface area contributed by atoms with Crippen LogP contribution >= 0.6 is 0 Å². The van der Waals surface area contributed by atoms with Crippen LogP contribution < -0.4 is 10.1 Å². The van der Waals surface area contributed by atoms with Gasteiger partial charge in [0.1, 0.15) is 11.8 Å². The van der Waals surface area contributed by atoms with Crippen LogP contribution in [0.25, 0.3) is 0 Å². The molecular formula is C16H22N2O3. The maximum atomic E-state index is 11.9. The maximum Gasteiger partial charge on any atom is 0.224 e. The van der Waals surface area contributed by atoms with E-state index in [1.54, 1.807) is 18.2 Å². The number of amides is 1. The van der Waals surface area contributed by atoms with Crippen LogP contribution in [0.15, 0.2) is 24.3 Å². The summed E-state index contributed by atoms with van der Waals surface area (Å²) < 4.78 is 5.20. The lowest BCUT2D eigenvalue weighted by molar-refractivity contribution is -0.120. The number of carbonyl (C=O) groups is 1. The van der Waals surface area contributed by atoms with Crippen molar-refractivity contribution in [2.45, 2.75) is 26.7 Å². The van der Waals surface area contributed by atoms with Gasteiger partial charge in [0.15, 0.2) is 6.61 Å². The van der Waals surface area contributed by atoms with Gasteiger partial charge in [0, 0.05) is 13.2 Å². The van der Waals surface area contributed by atoms with Gasteiger partial charge >= 0.3 is 0 Å². The van der Waals surface area contributed by atoms with Crippen molar-refractivity contribution in [1.82, 2.24) is 5.32 Å². The monoisotopic (exact) mass is 290 g/mol. The Kier molecular flexibility index (Phi) is 6.70. The number of aliphatic hydroxyl groups excluding tert-OH is 1. The number of aliphatic hydroxyl groups is 1. The van der Waals surface area contributed by atoms with E-state index in [1.807, 2.05) is 26.0 Å². The molecular weight excluding hydrogens is 268 g/mol. The van der Waals surface area contributed by atoms with E-state index in [1.165, 1.54) is 0 Å². The van der Waals surface area contributed by atoms with Crippen LogP contribution in [0.3, 0.4) is 0 Å². The SMILES string of the molecule is CC(C)(CCO)CNC(=O)Cc1cccc(OCC#N)c1. The van der Waals surface area contributed by atoms with Crippen molar-refractivity contribution in [3.8, 4) is 11.8 Å². The molecule has 5 nitrogen and oxygen atoms in total. The molecule has 0 saturated heterocycles. The fraction of sp³-hybridized carbons (Fsp3) is 0.500. The van der Waals surface area contributed by atoms with Crippen LogP contribution in [0.1, 0.15) is 25.8 Å². The molecule has 5 heteroatoms. The van der Waals surface area contributed by atoms with Crippen LogP contribution in [-0.4, -0.2) is 30.8 Å². The van der Waals surface area contributed by atoms with Gasteiger partial charge in [-0.1, -0.05) is 26.0 Å². The Morgan fingerprint density at radius 2 is 2.24 bits per heavy atom. The number of hydrogen-bond acceptors (Lipinski definition) is 4. The molecule has 0 heterocycles. The van der Waals surface area contributed by atoms with Gasteiger partial charge in [0.25, 0.3) is 0 Å². The van der Waals surface area contributed by atoms with Crippen molar-refractivity contribution in [1.29, 1.82) is 5.26 Å². The van der Waals surface area contributed by atoms with Crippen LogP contribution in [0, 0.1) is 16.7 Å². The second-order valence-electron chi connectivity index (χ2n) is 5.69. The second-order valence-corrected chi connectivity index (χ2v) is 5.69. The fourth-order valence-corrected chi connectivity index (χ4v) is 1.84. The van der Waals surface area contributed by atoms with Crippen LogP contribution in [0.4, 0.5) is 0 Å². The van der Waals surface area contributed by atoms with Gasteiger partial charge < -0.3 is 15.2 Å². The molecule has 0 bridgehead atoms. The molecule has 0 aliphatic carbocycles. The zero-order valence-electron chi connectivity index (χ0n) is 12.6. The predicted octanol–water partition coefficient (Wildman–Crippen LogP) is 1.66. The summed E-state index contributed by atoms with van der Waals surface area (Å²) in [6.07, 6.45) is 0.906. The zero-order chi connectivity index (χ0) is 15.7. The summed E-state index contributed by atoms with van der Waals surface area (Å²) in [6.45, 7) is 4.63. The van der Waals surface area contributed by atoms with Crippen molar-refractivity contribution in [3.63, 3.8) is 0 Å². The highest BCUT2D eigenvalue weighted by Crippen LogP contribution is 2.18. The molecule has 114 valence electrons. The van der Waals surface area contributed by atoms with Gasteiger partial charge in [0.2, 0.25) is 5.91 Å². The summed E-state index contributed by atoms with van der Waals surface area (Å²) in [6, 6.07) is 9.06. The van der Waals surface area contributed by atoms with Crippen LogP contribution in [0.5, 0.6) is 5.75 Å². The Hall–Kier alpha value is -2.06. The number of hydrogen-bond donors (Lipinski definition) is 2. The van der Waals surface area contributed by atoms with E-state index in [9.17, 15) is 4.79 Å². The standard InChI is InChI=1S/C16H22N2O3/c1-16(2,6-8-19)12-18-15(20)11-13-4-3-5-14(10-13)21-9-7-17/h3-5,10,19H,6,8-9,11-12H2,1-2H3,(H,18,20). The van der Waals surface area contributed by atoms with Crippen molar-refractivity contribution in [2.75, 3.05) is 19.8 Å². The maximum absolute atomic E-state index is 11.9. The lowest BCUT2D eigenvalue weighted by Gasteiger charge is -2.23. The largest absolute Gasteiger partial charge is 0.479 e. The third kappa shape index (κ3) is 6.77. The Labute approximate surface area is 125 Å². The normalized spacial score (nSPS) is 10.8. The van der Waals surface area contributed by atoms with Gasteiger partial charge in [-0.3, -0.25) is 4.79 Å². The quantitative estimate of drug-likeness (QED) is 0.762. The lowest BCUT2D eigenvalue weighted by atomic mass is 9.89. The van der Waals surface area contributed by atoms with Gasteiger partial charge in [-0.2, -0.15) is 5.26 Å². The minimum absolute atomic E-state index is 0.00893. The van der Waals surface area contributed by atoms with E-state index in [2.05, 4.69) is 5.32 Å². The number of nitrogens with zero attached hydrogens (tertiary/aromatic N) is 1. The second kappa shape index (κ2) is 8.28. The van der Waals surface area contributed by atoms with E-state index in [0.717, 1.165) is 5.56 Å². The molecule has 2 N–H and O–H groups in total. The van der Waals surface area contributed by atoms with E-state index < -0.39 is 0 Å². The minimum Gasteiger partial charge on any atom is -0.479 e. The first kappa shape index (κ1) is 17.0. The number of ether oxygens (including phenoxy) is 1. The van der Waals surface area contributed by atoms with E-state index >= 15 is 0 Å². The molecule has 0 saturated carbocycles. The van der Waals surface area contributed by atoms with Crippen LogP contribution in [0.2, 0.25) is 0 Å². The Morgan fingerprint density at radius 1 is 1.48 bits per heavy atom. The van der Waals surface area contributed by atoms with Crippen molar-refractivity contribution >= 4 is 5.91 Å².